The van der Waals surface area contributed by atoms with Crippen molar-refractivity contribution in [3.8, 4) is 0 Å². The molecular formula is C21H25FN3O5P. The van der Waals surface area contributed by atoms with Crippen LogP contribution in [0.5, 0.6) is 0 Å². The number of halogens is 1. The van der Waals surface area contributed by atoms with Gasteiger partial charge in [-0.2, -0.15) is 0 Å². The normalized spacial score (nSPS) is 35.5. The zero-order chi connectivity index (χ0) is 21.5. The number of rotatable bonds is 5. The number of alkyl halides is 1. The van der Waals surface area contributed by atoms with E-state index < -0.39 is 44.4 Å². The van der Waals surface area contributed by atoms with E-state index in [2.05, 4.69) is 9.65 Å². The summed E-state index contributed by atoms with van der Waals surface area (Å²) in [4.78, 5) is 25.7. The molecule has 7 atom stereocenters. The number of benzene rings is 1. The third-order valence-corrected chi connectivity index (χ3v) is 7.91. The predicted molar refractivity (Wildman–Crippen MR) is 112 cm³/mol. The molecule has 4 heterocycles. The Bertz CT molecular complexity index is 1030. The molecule has 0 spiro atoms. The van der Waals surface area contributed by atoms with Crippen LogP contribution in [0.25, 0.3) is 0 Å². The van der Waals surface area contributed by atoms with Crippen molar-refractivity contribution in [3.05, 3.63) is 69.0 Å². The highest BCUT2D eigenvalue weighted by molar-refractivity contribution is 7.45. The van der Waals surface area contributed by atoms with E-state index in [-0.39, 0.29) is 12.1 Å². The van der Waals surface area contributed by atoms with Crippen molar-refractivity contribution in [1.29, 1.82) is 0 Å². The quantitative estimate of drug-likeness (QED) is 0.707. The highest BCUT2D eigenvalue weighted by Gasteiger charge is 2.53. The molecule has 1 aromatic heterocycles. The zero-order valence-electron chi connectivity index (χ0n) is 17.1. The van der Waals surface area contributed by atoms with E-state index in [0.29, 0.717) is 6.42 Å². The summed E-state index contributed by atoms with van der Waals surface area (Å²) in [6.45, 7) is 2.74. The molecule has 5 rings (SSSR count). The molecule has 2 aromatic rings. The largest absolute Gasteiger partial charge is 0.349 e. The molecule has 0 amide bonds. The molecule has 0 aliphatic carbocycles. The lowest BCUT2D eigenvalue weighted by molar-refractivity contribution is -0.0269. The summed E-state index contributed by atoms with van der Waals surface area (Å²) < 4.78 is 37.2. The fourth-order valence-electron chi connectivity index (χ4n) is 4.63. The molecule has 166 valence electrons. The molecule has 0 radical (unpaired) electrons. The van der Waals surface area contributed by atoms with Crippen LogP contribution in [0.4, 0.5) is 4.39 Å². The van der Waals surface area contributed by atoms with E-state index >= 15 is 4.39 Å². The fourth-order valence-corrected chi connectivity index (χ4v) is 6.62. The molecule has 3 aliphatic heterocycles. The Morgan fingerprint density at radius 1 is 1.26 bits per heavy atom. The topological polar surface area (TPSA) is 85.8 Å². The van der Waals surface area contributed by atoms with Crippen molar-refractivity contribution in [1.82, 2.24) is 14.2 Å². The lowest BCUT2D eigenvalue weighted by atomic mass is 10.0. The molecule has 31 heavy (non-hydrogen) atoms. The minimum Gasteiger partial charge on any atom is -0.349 e. The van der Waals surface area contributed by atoms with Crippen LogP contribution in [0, 0.1) is 0 Å². The van der Waals surface area contributed by atoms with Gasteiger partial charge in [-0.05, 0) is 24.8 Å². The minimum absolute atomic E-state index is 0.104. The smallest absolute Gasteiger partial charge is 0.330 e. The average Bonchev–Trinajstić information content (AvgIpc) is 3.45. The van der Waals surface area contributed by atoms with Crippen LogP contribution >= 0.6 is 8.53 Å². The summed E-state index contributed by atoms with van der Waals surface area (Å²) in [5.41, 5.74) is -0.149. The van der Waals surface area contributed by atoms with Gasteiger partial charge in [-0.1, -0.05) is 37.3 Å². The number of fused-ring (bicyclic) bond motifs is 1. The van der Waals surface area contributed by atoms with Gasteiger partial charge < -0.3 is 13.8 Å². The molecule has 3 saturated heterocycles. The second-order valence-corrected chi connectivity index (χ2v) is 9.46. The Hall–Kier alpha value is -1.90. The highest BCUT2D eigenvalue weighted by atomic mass is 31.2. The van der Waals surface area contributed by atoms with Gasteiger partial charge in [-0.3, -0.25) is 14.3 Å². The maximum absolute atomic E-state index is 15.5. The van der Waals surface area contributed by atoms with E-state index in [4.69, 9.17) is 13.8 Å². The number of hydrogen-bond acceptors (Lipinski definition) is 6. The van der Waals surface area contributed by atoms with Crippen LogP contribution in [0.15, 0.2) is 52.2 Å². The van der Waals surface area contributed by atoms with Gasteiger partial charge in [0.15, 0.2) is 12.4 Å². The summed E-state index contributed by atoms with van der Waals surface area (Å²) in [6, 6.07) is 11.4. The van der Waals surface area contributed by atoms with Crippen LogP contribution in [0.2, 0.25) is 0 Å². The van der Waals surface area contributed by atoms with Crippen LogP contribution in [0.3, 0.4) is 0 Å². The van der Waals surface area contributed by atoms with Crippen LogP contribution in [-0.4, -0.2) is 45.2 Å². The lowest BCUT2D eigenvalue weighted by Gasteiger charge is -2.26. The van der Waals surface area contributed by atoms with Crippen LogP contribution < -0.4 is 11.2 Å². The molecule has 1 N–H and O–H groups in total. The first kappa shape index (κ1) is 21.0. The summed E-state index contributed by atoms with van der Waals surface area (Å²) in [7, 11) is -1.45. The average molecular weight is 449 g/mol. The molecular weight excluding hydrogens is 424 g/mol. The summed E-state index contributed by atoms with van der Waals surface area (Å²) >= 11 is 0. The van der Waals surface area contributed by atoms with Gasteiger partial charge >= 0.3 is 5.69 Å². The van der Waals surface area contributed by atoms with E-state index in [1.165, 1.54) is 12.3 Å². The Morgan fingerprint density at radius 3 is 2.81 bits per heavy atom. The highest BCUT2D eigenvalue weighted by Crippen LogP contribution is 2.61. The predicted octanol–water partition coefficient (Wildman–Crippen LogP) is 3.03. The second kappa shape index (κ2) is 8.56. The van der Waals surface area contributed by atoms with Gasteiger partial charge in [0, 0.05) is 24.8 Å². The number of ether oxygens (including phenoxy) is 1. The first-order valence-corrected chi connectivity index (χ1v) is 11.8. The lowest BCUT2D eigenvalue weighted by Crippen LogP contribution is -2.36. The van der Waals surface area contributed by atoms with Crippen molar-refractivity contribution < 1.29 is 18.2 Å². The van der Waals surface area contributed by atoms with Crippen molar-refractivity contribution in [2.75, 3.05) is 6.54 Å². The standard InChI is InChI=1S/C21H25FN3O5P/c1-2-15-19(17(22)20(28-15)24-12-10-16(26)23-21(24)27)30-31-25-11-6-9-14(25)18(29-31)13-7-4-3-5-8-13/h3-5,7-8,10,12,14-15,17-20H,2,6,9,11H2,1H3,(H,23,26,27)/t14-,15+,17?,18+,19-,20+,31+/m0/s1. The molecule has 8 nitrogen and oxygen atoms in total. The van der Waals surface area contributed by atoms with Crippen molar-refractivity contribution in [2.24, 2.45) is 0 Å². The van der Waals surface area contributed by atoms with Crippen molar-refractivity contribution >= 4 is 8.53 Å². The van der Waals surface area contributed by atoms with Gasteiger partial charge in [0.25, 0.3) is 14.1 Å². The van der Waals surface area contributed by atoms with Crippen LogP contribution in [0.1, 0.15) is 44.1 Å². The summed E-state index contributed by atoms with van der Waals surface area (Å²) in [5.74, 6) is 0. The first-order chi connectivity index (χ1) is 15.1. The number of aromatic amines is 1. The number of aromatic nitrogens is 2. The Balaban J connectivity index is 1.37. The zero-order valence-corrected chi connectivity index (χ0v) is 18.0. The molecule has 1 aromatic carbocycles. The molecule has 10 heteroatoms. The number of nitrogens with zero attached hydrogens (tertiary/aromatic N) is 2. The second-order valence-electron chi connectivity index (χ2n) is 8.05. The fraction of sp³-hybridized carbons (Fsp3) is 0.524. The van der Waals surface area contributed by atoms with Gasteiger partial charge in [0.05, 0.1) is 6.10 Å². The molecule has 1 unspecified atom stereocenters. The van der Waals surface area contributed by atoms with E-state index in [9.17, 15) is 9.59 Å². The third kappa shape index (κ3) is 3.79. The number of nitrogens with one attached hydrogen (secondary N) is 1. The molecule has 3 aliphatic rings. The first-order valence-electron chi connectivity index (χ1n) is 10.6. The van der Waals surface area contributed by atoms with E-state index in [0.717, 1.165) is 29.5 Å². The minimum atomic E-state index is -1.57. The Kier molecular flexibility index (Phi) is 5.79. The summed E-state index contributed by atoms with van der Waals surface area (Å²) in [5, 5.41) is 0. The monoisotopic (exact) mass is 449 g/mol. The number of hydrogen-bond donors (Lipinski definition) is 1. The maximum Gasteiger partial charge on any atom is 0.330 e. The Labute approximate surface area is 179 Å². The van der Waals surface area contributed by atoms with Gasteiger partial charge in [-0.25, -0.2) is 13.9 Å². The SMILES string of the molecule is CC[C@H]1O[C@@H](n2ccc(=O)[nH]c2=O)C(F)[C@H]1O[P@@]1O[C@H](c2ccccc2)[C@@H]2CCCN21. The third-order valence-electron chi connectivity index (χ3n) is 6.17. The molecule has 0 saturated carbocycles. The van der Waals surface area contributed by atoms with Gasteiger partial charge in [-0.15, -0.1) is 0 Å². The van der Waals surface area contributed by atoms with Crippen LogP contribution in [-0.2, 0) is 13.8 Å². The molecule has 0 bridgehead atoms. The maximum atomic E-state index is 15.5. The van der Waals surface area contributed by atoms with Gasteiger partial charge in [0.1, 0.15) is 12.2 Å². The van der Waals surface area contributed by atoms with Crippen molar-refractivity contribution in [3.63, 3.8) is 0 Å². The van der Waals surface area contributed by atoms with Gasteiger partial charge in [0.2, 0.25) is 0 Å². The molecule has 3 fully saturated rings. The van der Waals surface area contributed by atoms with Crippen molar-refractivity contribution in [2.45, 2.75) is 62.9 Å². The van der Waals surface area contributed by atoms with E-state index in [1.54, 1.807) is 0 Å². The number of H-pyrrole nitrogens is 1. The Morgan fingerprint density at radius 2 is 2.06 bits per heavy atom. The summed E-state index contributed by atoms with van der Waals surface area (Å²) in [6.07, 6.45) is -0.389. The van der Waals surface area contributed by atoms with E-state index in [1.807, 2.05) is 37.3 Å².